The summed E-state index contributed by atoms with van der Waals surface area (Å²) >= 11 is 0. The SMILES string of the molecule is NCC(Cc1ccccc1)NS(=O)(=O)C1CCCC1. The van der Waals surface area contributed by atoms with Crippen LogP contribution in [0.15, 0.2) is 30.3 Å². The molecule has 4 nitrogen and oxygen atoms in total. The molecule has 2 rings (SSSR count). The van der Waals surface area contributed by atoms with E-state index < -0.39 is 10.0 Å². The van der Waals surface area contributed by atoms with E-state index in [2.05, 4.69) is 4.72 Å². The van der Waals surface area contributed by atoms with E-state index in [9.17, 15) is 8.42 Å². The largest absolute Gasteiger partial charge is 0.329 e. The quantitative estimate of drug-likeness (QED) is 0.829. The fraction of sp³-hybridized carbons (Fsp3) is 0.571. The molecule has 0 amide bonds. The molecule has 3 N–H and O–H groups in total. The van der Waals surface area contributed by atoms with E-state index in [0.717, 1.165) is 31.2 Å². The Morgan fingerprint density at radius 2 is 1.84 bits per heavy atom. The van der Waals surface area contributed by atoms with Crippen LogP contribution in [0.2, 0.25) is 0 Å². The summed E-state index contributed by atoms with van der Waals surface area (Å²) in [5.74, 6) is 0. The molecule has 1 atom stereocenters. The molecule has 1 fully saturated rings. The van der Waals surface area contributed by atoms with Gasteiger partial charge in [-0.2, -0.15) is 0 Å². The van der Waals surface area contributed by atoms with Crippen LogP contribution in [0.25, 0.3) is 0 Å². The highest BCUT2D eigenvalue weighted by Gasteiger charge is 2.30. The average molecular weight is 282 g/mol. The fourth-order valence-corrected chi connectivity index (χ4v) is 4.39. The zero-order valence-electron chi connectivity index (χ0n) is 11.1. The highest BCUT2D eigenvalue weighted by Crippen LogP contribution is 2.24. The molecule has 0 aliphatic heterocycles. The summed E-state index contributed by atoms with van der Waals surface area (Å²) in [7, 11) is -3.22. The van der Waals surface area contributed by atoms with Crippen LogP contribution in [0, 0.1) is 0 Å². The number of nitrogens with two attached hydrogens (primary N) is 1. The van der Waals surface area contributed by atoms with Gasteiger partial charge >= 0.3 is 0 Å². The molecule has 19 heavy (non-hydrogen) atoms. The summed E-state index contributed by atoms with van der Waals surface area (Å²) in [6.45, 7) is 0.320. The maximum Gasteiger partial charge on any atom is 0.214 e. The first kappa shape index (κ1) is 14.5. The topological polar surface area (TPSA) is 72.2 Å². The van der Waals surface area contributed by atoms with E-state index in [1.54, 1.807) is 0 Å². The van der Waals surface area contributed by atoms with Crippen molar-refractivity contribution in [1.29, 1.82) is 0 Å². The zero-order valence-corrected chi connectivity index (χ0v) is 11.9. The second-order valence-corrected chi connectivity index (χ2v) is 7.18. The summed E-state index contributed by atoms with van der Waals surface area (Å²) in [5, 5.41) is -0.225. The molecule has 1 saturated carbocycles. The van der Waals surface area contributed by atoms with Gasteiger partial charge in [0.2, 0.25) is 10.0 Å². The first-order valence-corrected chi connectivity index (χ1v) is 8.41. The first-order chi connectivity index (χ1) is 9.12. The highest BCUT2D eigenvalue weighted by molar-refractivity contribution is 7.90. The van der Waals surface area contributed by atoms with Crippen LogP contribution in [0.4, 0.5) is 0 Å². The van der Waals surface area contributed by atoms with Gasteiger partial charge in [0.1, 0.15) is 0 Å². The van der Waals surface area contributed by atoms with Crippen molar-refractivity contribution in [2.45, 2.75) is 43.4 Å². The fourth-order valence-electron chi connectivity index (χ4n) is 2.60. The lowest BCUT2D eigenvalue weighted by Gasteiger charge is -2.20. The van der Waals surface area contributed by atoms with Gasteiger partial charge in [-0.05, 0) is 24.8 Å². The summed E-state index contributed by atoms with van der Waals surface area (Å²) in [6, 6.07) is 9.62. The van der Waals surface area contributed by atoms with E-state index in [4.69, 9.17) is 5.73 Å². The van der Waals surface area contributed by atoms with E-state index >= 15 is 0 Å². The monoisotopic (exact) mass is 282 g/mol. The Balaban J connectivity index is 1.98. The van der Waals surface area contributed by atoms with Crippen molar-refractivity contribution in [3.63, 3.8) is 0 Å². The highest BCUT2D eigenvalue weighted by atomic mass is 32.2. The van der Waals surface area contributed by atoms with Gasteiger partial charge in [0, 0.05) is 12.6 Å². The second-order valence-electron chi connectivity index (χ2n) is 5.19. The van der Waals surface area contributed by atoms with Crippen molar-refractivity contribution in [2.75, 3.05) is 6.54 Å². The lowest BCUT2D eigenvalue weighted by Crippen LogP contribution is -2.45. The van der Waals surface area contributed by atoms with Gasteiger partial charge in [-0.1, -0.05) is 43.2 Å². The summed E-state index contributed by atoms with van der Waals surface area (Å²) in [4.78, 5) is 0. The predicted molar refractivity (Wildman–Crippen MR) is 77.3 cm³/mol. The van der Waals surface area contributed by atoms with Crippen molar-refractivity contribution >= 4 is 10.0 Å². The van der Waals surface area contributed by atoms with E-state index in [-0.39, 0.29) is 11.3 Å². The maximum atomic E-state index is 12.2. The molecule has 1 aliphatic rings. The minimum absolute atomic E-state index is 0.215. The van der Waals surface area contributed by atoms with Gasteiger partial charge in [-0.25, -0.2) is 13.1 Å². The molecule has 1 aromatic carbocycles. The lowest BCUT2D eigenvalue weighted by atomic mass is 10.1. The van der Waals surface area contributed by atoms with Gasteiger partial charge in [-0.15, -0.1) is 0 Å². The lowest BCUT2D eigenvalue weighted by molar-refractivity contribution is 0.534. The van der Waals surface area contributed by atoms with Crippen LogP contribution in [0.5, 0.6) is 0 Å². The maximum absolute atomic E-state index is 12.2. The van der Waals surface area contributed by atoms with Crippen molar-refractivity contribution in [2.24, 2.45) is 5.73 Å². The number of rotatable bonds is 6. The predicted octanol–water partition coefficient (Wildman–Crippen LogP) is 1.42. The number of benzene rings is 1. The number of nitrogens with one attached hydrogen (secondary N) is 1. The Morgan fingerprint density at radius 1 is 1.21 bits per heavy atom. The van der Waals surface area contributed by atoms with Crippen molar-refractivity contribution < 1.29 is 8.42 Å². The first-order valence-electron chi connectivity index (χ1n) is 6.87. The van der Waals surface area contributed by atoms with Gasteiger partial charge in [-0.3, -0.25) is 0 Å². The van der Waals surface area contributed by atoms with Crippen LogP contribution in [0.1, 0.15) is 31.2 Å². The Kier molecular flexibility index (Phi) is 4.96. The van der Waals surface area contributed by atoms with Gasteiger partial charge in [0.25, 0.3) is 0 Å². The molecule has 0 saturated heterocycles. The third kappa shape index (κ3) is 4.03. The number of hydrogen-bond acceptors (Lipinski definition) is 3. The Labute approximate surface area is 115 Å². The summed E-state index contributed by atoms with van der Waals surface area (Å²) < 4.78 is 27.2. The summed E-state index contributed by atoms with van der Waals surface area (Å²) in [6.07, 6.45) is 4.22. The van der Waals surface area contributed by atoms with E-state index in [1.165, 1.54) is 0 Å². The third-order valence-electron chi connectivity index (χ3n) is 3.68. The van der Waals surface area contributed by atoms with Crippen LogP contribution < -0.4 is 10.5 Å². The Bertz CT molecular complexity index is 481. The van der Waals surface area contributed by atoms with Crippen LogP contribution >= 0.6 is 0 Å². The molecule has 5 heteroatoms. The van der Waals surface area contributed by atoms with Crippen molar-refractivity contribution in [1.82, 2.24) is 4.72 Å². The van der Waals surface area contributed by atoms with E-state index in [1.807, 2.05) is 30.3 Å². The molecule has 0 radical (unpaired) electrons. The van der Waals surface area contributed by atoms with Crippen LogP contribution in [0.3, 0.4) is 0 Å². The third-order valence-corrected chi connectivity index (χ3v) is 5.69. The van der Waals surface area contributed by atoms with E-state index in [0.29, 0.717) is 13.0 Å². The Morgan fingerprint density at radius 3 is 2.42 bits per heavy atom. The van der Waals surface area contributed by atoms with Crippen molar-refractivity contribution in [3.8, 4) is 0 Å². The molecule has 0 heterocycles. The number of sulfonamides is 1. The average Bonchev–Trinajstić information content (AvgIpc) is 2.93. The zero-order chi connectivity index (χ0) is 13.7. The Hall–Kier alpha value is -0.910. The molecule has 1 aliphatic carbocycles. The number of hydrogen-bond donors (Lipinski definition) is 2. The molecule has 1 unspecified atom stereocenters. The minimum atomic E-state index is -3.22. The minimum Gasteiger partial charge on any atom is -0.329 e. The standard InChI is InChI=1S/C14H22N2O2S/c15-11-13(10-12-6-2-1-3-7-12)16-19(17,18)14-8-4-5-9-14/h1-3,6-7,13-14,16H,4-5,8-11,15H2. The smallest absolute Gasteiger partial charge is 0.214 e. The normalized spacial score (nSPS) is 18.6. The molecule has 0 bridgehead atoms. The van der Waals surface area contributed by atoms with Crippen LogP contribution in [-0.4, -0.2) is 26.3 Å². The van der Waals surface area contributed by atoms with Gasteiger partial charge in [0.05, 0.1) is 5.25 Å². The second kappa shape index (κ2) is 6.50. The van der Waals surface area contributed by atoms with Gasteiger partial charge in [0.15, 0.2) is 0 Å². The molecule has 0 aromatic heterocycles. The molecule has 1 aromatic rings. The molecule has 0 spiro atoms. The van der Waals surface area contributed by atoms with Gasteiger partial charge < -0.3 is 5.73 Å². The van der Waals surface area contributed by atoms with Crippen LogP contribution in [-0.2, 0) is 16.4 Å². The molecular weight excluding hydrogens is 260 g/mol. The molecule has 106 valence electrons. The van der Waals surface area contributed by atoms with Crippen molar-refractivity contribution in [3.05, 3.63) is 35.9 Å². The molecular formula is C14H22N2O2S. The summed E-state index contributed by atoms with van der Waals surface area (Å²) in [5.41, 5.74) is 6.80.